The molecule has 0 aliphatic rings. The fraction of sp³-hybridized carbons (Fsp3) is 0.400. The third-order valence-corrected chi connectivity index (χ3v) is 2.51. The van der Waals surface area contributed by atoms with Gasteiger partial charge < -0.3 is 19.5 Å². The van der Waals surface area contributed by atoms with Crippen LogP contribution in [0, 0.1) is 0 Å². The van der Waals surface area contributed by atoms with Crippen molar-refractivity contribution in [3.05, 3.63) is 29.8 Å². The Labute approximate surface area is 129 Å². The van der Waals surface area contributed by atoms with Gasteiger partial charge in [0, 0.05) is 5.56 Å². The molecule has 0 saturated heterocycles. The van der Waals surface area contributed by atoms with Crippen LogP contribution in [0.15, 0.2) is 29.3 Å². The maximum atomic E-state index is 11.7. The second-order valence-electron chi connectivity index (χ2n) is 4.04. The molecule has 1 aromatic carbocycles. The van der Waals surface area contributed by atoms with Crippen LogP contribution in [0.5, 0.6) is 5.75 Å². The molecule has 120 valence electrons. The lowest BCUT2D eigenvalue weighted by Gasteiger charge is -2.08. The molecule has 1 N–H and O–H groups in total. The number of amides is 2. The minimum Gasteiger partial charge on any atom is -0.497 e. The lowest BCUT2D eigenvalue weighted by Crippen LogP contribution is -2.29. The molecular formula is C15H20N2O5. The largest absolute Gasteiger partial charge is 0.497 e. The molecular weight excluding hydrogens is 288 g/mol. The molecule has 0 fully saturated rings. The number of rotatable bonds is 6. The predicted octanol–water partition coefficient (Wildman–Crippen LogP) is 1.75. The first-order chi connectivity index (χ1) is 10.6. The Morgan fingerprint density at radius 2 is 1.73 bits per heavy atom. The highest BCUT2D eigenvalue weighted by atomic mass is 16.5. The molecule has 0 bridgehead atoms. The number of hydrogen-bond acceptors (Lipinski definition) is 5. The van der Waals surface area contributed by atoms with E-state index in [1.807, 2.05) is 0 Å². The van der Waals surface area contributed by atoms with Crippen molar-refractivity contribution in [1.82, 2.24) is 5.32 Å². The Morgan fingerprint density at radius 3 is 2.27 bits per heavy atom. The summed E-state index contributed by atoms with van der Waals surface area (Å²) in [7, 11) is 1.56. The average Bonchev–Trinajstić information content (AvgIpc) is 2.53. The third kappa shape index (κ3) is 5.82. The Bertz CT molecular complexity index is 525. The van der Waals surface area contributed by atoms with Crippen LogP contribution in [-0.2, 0) is 14.3 Å². The van der Waals surface area contributed by atoms with Crippen LogP contribution in [0.3, 0.4) is 0 Å². The van der Waals surface area contributed by atoms with Crippen molar-refractivity contribution in [2.45, 2.75) is 13.8 Å². The summed E-state index contributed by atoms with van der Waals surface area (Å²) in [6.07, 6.45) is 0. The normalized spacial score (nSPS) is 10.8. The van der Waals surface area contributed by atoms with Gasteiger partial charge in [0.15, 0.2) is 0 Å². The van der Waals surface area contributed by atoms with Gasteiger partial charge in [-0.25, -0.2) is 4.79 Å². The summed E-state index contributed by atoms with van der Waals surface area (Å²) in [5.41, 5.74) is 0.633. The van der Waals surface area contributed by atoms with Crippen LogP contribution in [0.25, 0.3) is 0 Å². The number of carbonyl (C=O) groups is 2. The Morgan fingerprint density at radius 1 is 1.09 bits per heavy atom. The molecule has 0 radical (unpaired) electrons. The van der Waals surface area contributed by atoms with E-state index in [1.165, 1.54) is 0 Å². The lowest BCUT2D eigenvalue weighted by atomic mass is 10.2. The topological polar surface area (TPSA) is 86.2 Å². The Hall–Kier alpha value is -2.57. The van der Waals surface area contributed by atoms with Crippen molar-refractivity contribution >= 4 is 17.9 Å². The van der Waals surface area contributed by atoms with E-state index in [2.05, 4.69) is 10.3 Å². The summed E-state index contributed by atoms with van der Waals surface area (Å²) < 4.78 is 15.1. The van der Waals surface area contributed by atoms with Crippen LogP contribution in [0.4, 0.5) is 4.79 Å². The second kappa shape index (κ2) is 9.38. The van der Waals surface area contributed by atoms with E-state index in [-0.39, 0.29) is 19.0 Å². The first kappa shape index (κ1) is 17.5. The van der Waals surface area contributed by atoms with Gasteiger partial charge in [-0.05, 0) is 38.1 Å². The van der Waals surface area contributed by atoms with Crippen molar-refractivity contribution in [1.29, 1.82) is 0 Å². The zero-order chi connectivity index (χ0) is 16.4. The lowest BCUT2D eigenvalue weighted by molar-refractivity contribution is -0.141. The number of esters is 1. The quantitative estimate of drug-likeness (QED) is 0.491. The van der Waals surface area contributed by atoms with Gasteiger partial charge >= 0.3 is 12.0 Å². The molecule has 2 amide bonds. The van der Waals surface area contributed by atoms with Crippen LogP contribution < -0.4 is 10.1 Å². The summed E-state index contributed by atoms with van der Waals surface area (Å²) >= 11 is 0. The minimum absolute atomic E-state index is 0.173. The van der Waals surface area contributed by atoms with E-state index in [4.69, 9.17) is 14.2 Å². The molecule has 0 spiro atoms. The zero-order valence-electron chi connectivity index (χ0n) is 12.9. The van der Waals surface area contributed by atoms with E-state index in [1.54, 1.807) is 45.2 Å². The molecule has 7 heteroatoms. The number of ether oxygens (including phenoxy) is 3. The first-order valence-corrected chi connectivity index (χ1v) is 6.90. The van der Waals surface area contributed by atoms with E-state index >= 15 is 0 Å². The van der Waals surface area contributed by atoms with Crippen molar-refractivity contribution in [2.75, 3.05) is 26.9 Å². The highest BCUT2D eigenvalue weighted by Gasteiger charge is 2.10. The molecule has 0 aromatic heterocycles. The summed E-state index contributed by atoms with van der Waals surface area (Å²) in [6, 6.07) is 6.26. The number of hydrogen-bond donors (Lipinski definition) is 1. The fourth-order valence-corrected chi connectivity index (χ4v) is 1.54. The van der Waals surface area contributed by atoms with Crippen LogP contribution in [0.1, 0.15) is 19.4 Å². The van der Waals surface area contributed by atoms with Crippen LogP contribution >= 0.6 is 0 Å². The summed E-state index contributed by atoms with van der Waals surface area (Å²) in [4.78, 5) is 26.7. The summed E-state index contributed by atoms with van der Waals surface area (Å²) in [5, 5.41) is 2.34. The first-order valence-electron chi connectivity index (χ1n) is 6.90. The fourth-order valence-electron chi connectivity index (χ4n) is 1.54. The molecule has 22 heavy (non-hydrogen) atoms. The van der Waals surface area contributed by atoms with Crippen molar-refractivity contribution in [3.63, 3.8) is 0 Å². The Kier molecular flexibility index (Phi) is 7.45. The molecule has 0 saturated carbocycles. The summed E-state index contributed by atoms with van der Waals surface area (Å²) in [6.45, 7) is 3.85. The molecule has 0 heterocycles. The number of carbonyl (C=O) groups excluding carboxylic acids is 2. The molecule has 0 aliphatic carbocycles. The van der Waals surface area contributed by atoms with Gasteiger partial charge in [-0.1, -0.05) is 0 Å². The number of nitrogens with one attached hydrogen (secondary N) is 1. The van der Waals surface area contributed by atoms with Crippen molar-refractivity contribution in [2.24, 2.45) is 4.99 Å². The van der Waals surface area contributed by atoms with Gasteiger partial charge in [0.25, 0.3) is 0 Å². The van der Waals surface area contributed by atoms with Crippen molar-refractivity contribution < 1.29 is 23.8 Å². The minimum atomic E-state index is -0.674. The summed E-state index contributed by atoms with van der Waals surface area (Å²) in [5.74, 6) is 0.339. The number of urea groups is 1. The molecule has 1 rings (SSSR count). The highest BCUT2D eigenvalue weighted by Crippen LogP contribution is 2.12. The van der Waals surface area contributed by atoms with E-state index < -0.39 is 12.0 Å². The third-order valence-electron chi connectivity index (χ3n) is 2.51. The molecule has 0 atom stereocenters. The zero-order valence-corrected chi connectivity index (χ0v) is 12.9. The van der Waals surface area contributed by atoms with Gasteiger partial charge in [0.05, 0.1) is 20.3 Å². The van der Waals surface area contributed by atoms with E-state index in [0.29, 0.717) is 17.9 Å². The number of methoxy groups -OCH3 is 1. The van der Waals surface area contributed by atoms with Gasteiger partial charge in [-0.15, -0.1) is 0 Å². The average molecular weight is 308 g/mol. The second-order valence-corrected chi connectivity index (χ2v) is 4.04. The SMILES string of the molecule is CCOC(=O)CNC(=O)/N=C(\OCC)c1ccc(OC)cc1. The molecule has 0 aliphatic heterocycles. The standard InChI is InChI=1S/C15H20N2O5/c1-4-21-13(18)10-16-15(19)17-14(22-5-2)11-6-8-12(20-3)9-7-11/h6-9H,4-5,10H2,1-3H3,(H,16,19)/b17-14-. The maximum Gasteiger partial charge on any atom is 0.344 e. The number of benzene rings is 1. The van der Waals surface area contributed by atoms with Crippen LogP contribution in [0.2, 0.25) is 0 Å². The number of nitrogens with zero attached hydrogens (tertiary/aromatic N) is 1. The maximum absolute atomic E-state index is 11.7. The molecule has 1 aromatic rings. The van der Waals surface area contributed by atoms with Gasteiger partial charge in [0.1, 0.15) is 12.3 Å². The molecule has 7 nitrogen and oxygen atoms in total. The van der Waals surface area contributed by atoms with Gasteiger partial charge in [-0.3, -0.25) is 4.79 Å². The monoisotopic (exact) mass is 308 g/mol. The number of aliphatic imine (C=N–C) groups is 1. The molecule has 0 unspecified atom stereocenters. The predicted molar refractivity (Wildman–Crippen MR) is 81.2 cm³/mol. The smallest absolute Gasteiger partial charge is 0.344 e. The van der Waals surface area contributed by atoms with Gasteiger partial charge in [-0.2, -0.15) is 4.99 Å². The Balaban J connectivity index is 2.75. The van der Waals surface area contributed by atoms with E-state index in [9.17, 15) is 9.59 Å². The highest BCUT2D eigenvalue weighted by molar-refractivity contribution is 6.01. The van der Waals surface area contributed by atoms with Gasteiger partial charge in [0.2, 0.25) is 5.90 Å². The van der Waals surface area contributed by atoms with Crippen molar-refractivity contribution in [3.8, 4) is 5.75 Å². The van der Waals surface area contributed by atoms with Crippen LogP contribution in [-0.4, -0.2) is 44.8 Å². The van der Waals surface area contributed by atoms with E-state index in [0.717, 1.165) is 0 Å².